The Bertz CT molecular complexity index is 1080. The molecule has 0 saturated carbocycles. The quantitative estimate of drug-likeness (QED) is 0.478. The number of thiophene rings is 2. The maximum atomic E-state index is 13.3. The lowest BCUT2D eigenvalue weighted by atomic mass is 10.0. The Balaban J connectivity index is 2.06. The van der Waals surface area contributed by atoms with E-state index in [1.807, 2.05) is 23.6 Å². The van der Waals surface area contributed by atoms with Crippen molar-refractivity contribution in [2.45, 2.75) is 6.92 Å². The number of rotatable bonds is 3. The third-order valence-electron chi connectivity index (χ3n) is 3.95. The molecule has 25 heavy (non-hydrogen) atoms. The van der Waals surface area contributed by atoms with E-state index in [1.165, 1.54) is 30.4 Å². The zero-order valence-corrected chi connectivity index (χ0v) is 14.9. The minimum Gasteiger partial charge on any atom is -0.397 e. The van der Waals surface area contributed by atoms with E-state index in [1.54, 1.807) is 23.5 Å². The van der Waals surface area contributed by atoms with Gasteiger partial charge in [0.15, 0.2) is 5.78 Å². The van der Waals surface area contributed by atoms with Crippen molar-refractivity contribution in [3.63, 3.8) is 0 Å². The number of benzene rings is 1. The van der Waals surface area contributed by atoms with Gasteiger partial charge in [-0.15, -0.1) is 22.7 Å². The van der Waals surface area contributed by atoms with Crippen LogP contribution in [0.4, 0.5) is 10.1 Å². The normalized spacial score (nSPS) is 11.1. The Kier molecular flexibility index (Phi) is 3.86. The maximum Gasteiger partial charge on any atom is 0.171 e. The number of ketones is 1. The fourth-order valence-electron chi connectivity index (χ4n) is 2.79. The van der Waals surface area contributed by atoms with Crippen LogP contribution in [0, 0.1) is 5.82 Å². The van der Waals surface area contributed by atoms with Crippen molar-refractivity contribution in [1.82, 2.24) is 4.98 Å². The fourth-order valence-corrected chi connectivity index (χ4v) is 4.49. The molecule has 0 saturated heterocycles. The molecule has 0 unspecified atom stereocenters. The van der Waals surface area contributed by atoms with E-state index >= 15 is 0 Å². The molecule has 3 aromatic heterocycles. The highest BCUT2D eigenvalue weighted by Gasteiger charge is 2.19. The van der Waals surface area contributed by atoms with Gasteiger partial charge in [-0.3, -0.25) is 4.79 Å². The molecule has 0 bridgehead atoms. The van der Waals surface area contributed by atoms with Gasteiger partial charge in [0.25, 0.3) is 0 Å². The molecule has 124 valence electrons. The summed E-state index contributed by atoms with van der Waals surface area (Å²) in [5, 5.41) is 2.74. The average Bonchev–Trinajstić information content (AvgIpc) is 3.23. The molecule has 0 fully saturated rings. The van der Waals surface area contributed by atoms with E-state index in [4.69, 9.17) is 10.7 Å². The van der Waals surface area contributed by atoms with Gasteiger partial charge >= 0.3 is 0 Å². The first-order valence-electron chi connectivity index (χ1n) is 7.58. The minimum absolute atomic E-state index is 0.0803. The molecule has 3 nitrogen and oxygen atoms in total. The molecule has 1 aromatic carbocycles. The van der Waals surface area contributed by atoms with Crippen molar-refractivity contribution in [1.29, 1.82) is 0 Å². The monoisotopic (exact) mass is 368 g/mol. The highest BCUT2D eigenvalue weighted by molar-refractivity contribution is 7.21. The largest absolute Gasteiger partial charge is 0.397 e. The van der Waals surface area contributed by atoms with Gasteiger partial charge in [0.1, 0.15) is 10.6 Å². The molecular weight excluding hydrogens is 355 g/mol. The number of anilines is 1. The van der Waals surface area contributed by atoms with Gasteiger partial charge in [-0.25, -0.2) is 9.37 Å². The van der Waals surface area contributed by atoms with E-state index in [-0.39, 0.29) is 11.6 Å². The Morgan fingerprint density at radius 2 is 1.96 bits per heavy atom. The standard InChI is InChI=1S/C19H13FN2OS2/c1-10(23)18-17(21)16-13(11-4-6-12(20)7-5-11)9-14(22-19(16)25-18)15-3-2-8-24-15/h2-9H,21H2,1H3. The summed E-state index contributed by atoms with van der Waals surface area (Å²) >= 11 is 2.89. The van der Waals surface area contributed by atoms with Gasteiger partial charge in [-0.05, 0) is 40.8 Å². The van der Waals surface area contributed by atoms with Gasteiger partial charge in [-0.2, -0.15) is 0 Å². The molecule has 0 aliphatic heterocycles. The van der Waals surface area contributed by atoms with Gasteiger partial charge in [0, 0.05) is 12.3 Å². The number of pyridine rings is 1. The second-order valence-electron chi connectivity index (χ2n) is 5.62. The van der Waals surface area contributed by atoms with Crippen LogP contribution in [-0.4, -0.2) is 10.8 Å². The smallest absolute Gasteiger partial charge is 0.171 e. The van der Waals surface area contributed by atoms with Crippen molar-refractivity contribution in [2.75, 3.05) is 5.73 Å². The number of fused-ring (bicyclic) bond motifs is 1. The number of aromatic nitrogens is 1. The molecule has 6 heteroatoms. The van der Waals surface area contributed by atoms with Crippen molar-refractivity contribution in [3.8, 4) is 21.7 Å². The lowest BCUT2D eigenvalue weighted by Gasteiger charge is -2.08. The van der Waals surface area contributed by atoms with Crippen LogP contribution in [-0.2, 0) is 0 Å². The third kappa shape index (κ3) is 2.73. The summed E-state index contributed by atoms with van der Waals surface area (Å²) in [7, 11) is 0. The number of hydrogen-bond donors (Lipinski definition) is 1. The topological polar surface area (TPSA) is 56.0 Å². The number of Topliss-reactive ketones (excluding diaryl/α,β-unsaturated/α-hetero) is 1. The fraction of sp³-hybridized carbons (Fsp3) is 0.0526. The Hall–Kier alpha value is -2.57. The SMILES string of the molecule is CC(=O)c1sc2nc(-c3cccs3)cc(-c3ccc(F)cc3)c2c1N. The summed E-state index contributed by atoms with van der Waals surface area (Å²) in [6, 6.07) is 12.2. The average molecular weight is 368 g/mol. The Morgan fingerprint density at radius 3 is 2.60 bits per heavy atom. The highest BCUT2D eigenvalue weighted by atomic mass is 32.1. The molecule has 2 N–H and O–H groups in total. The van der Waals surface area contributed by atoms with Crippen LogP contribution in [0.2, 0.25) is 0 Å². The molecule has 3 heterocycles. The van der Waals surface area contributed by atoms with Crippen molar-refractivity contribution >= 4 is 44.4 Å². The summed E-state index contributed by atoms with van der Waals surface area (Å²) in [5.74, 6) is -0.376. The molecule has 0 atom stereocenters. The van der Waals surface area contributed by atoms with Crippen LogP contribution in [0.3, 0.4) is 0 Å². The second-order valence-corrected chi connectivity index (χ2v) is 7.57. The number of nitrogen functional groups attached to an aromatic ring is 1. The first-order valence-corrected chi connectivity index (χ1v) is 9.28. The third-order valence-corrected chi connectivity index (χ3v) is 6.04. The van der Waals surface area contributed by atoms with Crippen LogP contribution < -0.4 is 5.73 Å². The van der Waals surface area contributed by atoms with Gasteiger partial charge in [0.2, 0.25) is 0 Å². The number of nitrogens with zero attached hydrogens (tertiary/aromatic N) is 1. The van der Waals surface area contributed by atoms with E-state index < -0.39 is 0 Å². The molecule has 0 aliphatic carbocycles. The summed E-state index contributed by atoms with van der Waals surface area (Å²) in [6.07, 6.45) is 0. The van der Waals surface area contributed by atoms with E-state index in [0.29, 0.717) is 15.4 Å². The van der Waals surface area contributed by atoms with Crippen LogP contribution in [0.25, 0.3) is 31.9 Å². The summed E-state index contributed by atoms with van der Waals surface area (Å²) in [6.45, 7) is 1.50. The van der Waals surface area contributed by atoms with Crippen molar-refractivity contribution in [3.05, 3.63) is 58.5 Å². The first kappa shape index (κ1) is 15.9. The zero-order valence-electron chi connectivity index (χ0n) is 13.2. The van der Waals surface area contributed by atoms with E-state index in [9.17, 15) is 9.18 Å². The number of carbonyl (C=O) groups is 1. The lowest BCUT2D eigenvalue weighted by Crippen LogP contribution is -1.95. The summed E-state index contributed by atoms with van der Waals surface area (Å²) in [4.78, 5) is 18.9. The minimum atomic E-state index is -0.296. The van der Waals surface area contributed by atoms with Crippen molar-refractivity contribution in [2.24, 2.45) is 0 Å². The second kappa shape index (κ2) is 6.06. The number of halogens is 1. The molecule has 4 aromatic rings. The summed E-state index contributed by atoms with van der Waals surface area (Å²) in [5.41, 5.74) is 9.21. The molecule has 0 radical (unpaired) electrons. The summed E-state index contributed by atoms with van der Waals surface area (Å²) < 4.78 is 13.3. The Labute approximate surface area is 151 Å². The lowest BCUT2D eigenvalue weighted by molar-refractivity contribution is 0.102. The van der Waals surface area contributed by atoms with E-state index in [0.717, 1.165) is 27.1 Å². The van der Waals surface area contributed by atoms with Crippen LogP contribution >= 0.6 is 22.7 Å². The first-order chi connectivity index (χ1) is 12.0. The van der Waals surface area contributed by atoms with Gasteiger partial charge in [0.05, 0.1) is 21.1 Å². The molecule has 4 rings (SSSR count). The van der Waals surface area contributed by atoms with Gasteiger partial charge < -0.3 is 5.73 Å². The molecule has 0 spiro atoms. The van der Waals surface area contributed by atoms with Crippen molar-refractivity contribution < 1.29 is 9.18 Å². The zero-order chi connectivity index (χ0) is 17.6. The highest BCUT2D eigenvalue weighted by Crippen LogP contribution is 2.41. The Morgan fingerprint density at radius 1 is 1.20 bits per heavy atom. The van der Waals surface area contributed by atoms with Crippen LogP contribution in [0.1, 0.15) is 16.6 Å². The predicted octanol–water partition coefficient (Wildman–Crippen LogP) is 5.62. The molecule has 0 aliphatic rings. The van der Waals surface area contributed by atoms with Crippen LogP contribution in [0.15, 0.2) is 47.8 Å². The molecule has 0 amide bonds. The van der Waals surface area contributed by atoms with Gasteiger partial charge in [-0.1, -0.05) is 18.2 Å². The number of hydrogen-bond acceptors (Lipinski definition) is 5. The molecular formula is C19H13FN2OS2. The van der Waals surface area contributed by atoms with Crippen LogP contribution in [0.5, 0.6) is 0 Å². The van der Waals surface area contributed by atoms with E-state index in [2.05, 4.69) is 0 Å². The number of nitrogens with two attached hydrogens (primary N) is 1. The number of carbonyl (C=O) groups excluding carboxylic acids is 1. The maximum absolute atomic E-state index is 13.3. The predicted molar refractivity (Wildman–Crippen MR) is 103 cm³/mol.